The number of ketones is 1. The standard InChI is InChI=1S/C14H19NO2S/c1-11(16)12-6-8-13(9-7-12)18-10-4-5-14(17)15(2)3/h6-9H,4-5,10H2,1-3H3. The van der Waals surface area contributed by atoms with Gasteiger partial charge in [0.05, 0.1) is 0 Å². The van der Waals surface area contributed by atoms with Gasteiger partial charge < -0.3 is 4.90 Å². The van der Waals surface area contributed by atoms with E-state index in [9.17, 15) is 9.59 Å². The van der Waals surface area contributed by atoms with Gasteiger partial charge in [-0.1, -0.05) is 12.1 Å². The molecule has 0 bridgehead atoms. The molecule has 98 valence electrons. The lowest BCUT2D eigenvalue weighted by Crippen LogP contribution is -2.21. The topological polar surface area (TPSA) is 37.4 Å². The molecule has 0 N–H and O–H groups in total. The van der Waals surface area contributed by atoms with Crippen LogP contribution in [0.1, 0.15) is 30.1 Å². The van der Waals surface area contributed by atoms with Gasteiger partial charge in [-0.2, -0.15) is 0 Å². The van der Waals surface area contributed by atoms with Gasteiger partial charge in [-0.3, -0.25) is 9.59 Å². The quantitative estimate of drug-likeness (QED) is 0.451. The van der Waals surface area contributed by atoms with E-state index >= 15 is 0 Å². The second kappa shape index (κ2) is 7.21. The van der Waals surface area contributed by atoms with Crippen molar-refractivity contribution in [1.82, 2.24) is 4.90 Å². The number of benzene rings is 1. The molecule has 0 aliphatic heterocycles. The largest absolute Gasteiger partial charge is 0.349 e. The summed E-state index contributed by atoms with van der Waals surface area (Å²) < 4.78 is 0. The van der Waals surface area contributed by atoms with Crippen LogP contribution in [0.4, 0.5) is 0 Å². The van der Waals surface area contributed by atoms with E-state index in [1.54, 1.807) is 37.7 Å². The van der Waals surface area contributed by atoms with Gasteiger partial charge in [0.1, 0.15) is 0 Å². The average molecular weight is 265 g/mol. The summed E-state index contributed by atoms with van der Waals surface area (Å²) in [6.07, 6.45) is 1.46. The van der Waals surface area contributed by atoms with E-state index in [1.165, 1.54) is 0 Å². The molecular formula is C14H19NO2S. The van der Waals surface area contributed by atoms with E-state index in [0.29, 0.717) is 6.42 Å². The highest BCUT2D eigenvalue weighted by Gasteiger charge is 2.03. The molecule has 0 unspecified atom stereocenters. The van der Waals surface area contributed by atoms with Crippen molar-refractivity contribution in [2.24, 2.45) is 0 Å². The van der Waals surface area contributed by atoms with Gasteiger partial charge in [0.2, 0.25) is 5.91 Å². The third-order valence-corrected chi connectivity index (χ3v) is 3.66. The first kappa shape index (κ1) is 14.8. The molecule has 0 spiro atoms. The van der Waals surface area contributed by atoms with Crippen LogP contribution < -0.4 is 0 Å². The minimum atomic E-state index is 0.0862. The lowest BCUT2D eigenvalue weighted by atomic mass is 10.2. The molecule has 0 radical (unpaired) electrons. The summed E-state index contributed by atoms with van der Waals surface area (Å²) in [7, 11) is 3.55. The lowest BCUT2D eigenvalue weighted by molar-refractivity contribution is -0.128. The molecule has 3 nitrogen and oxygen atoms in total. The number of amides is 1. The zero-order valence-electron chi connectivity index (χ0n) is 11.1. The van der Waals surface area contributed by atoms with Gasteiger partial charge in [-0.25, -0.2) is 0 Å². The normalized spacial score (nSPS) is 10.2. The predicted molar refractivity (Wildman–Crippen MR) is 75.1 cm³/mol. The Hall–Kier alpha value is -1.29. The van der Waals surface area contributed by atoms with E-state index in [1.807, 2.05) is 24.3 Å². The van der Waals surface area contributed by atoms with E-state index < -0.39 is 0 Å². The molecule has 4 heteroatoms. The Morgan fingerprint density at radius 2 is 1.78 bits per heavy atom. The van der Waals surface area contributed by atoms with Crippen LogP contribution in [0.25, 0.3) is 0 Å². The molecule has 0 atom stereocenters. The Bertz CT molecular complexity index is 412. The van der Waals surface area contributed by atoms with Crippen molar-refractivity contribution in [2.45, 2.75) is 24.7 Å². The summed E-state index contributed by atoms with van der Waals surface area (Å²) in [6.45, 7) is 1.56. The maximum Gasteiger partial charge on any atom is 0.222 e. The average Bonchev–Trinajstić information content (AvgIpc) is 2.34. The third kappa shape index (κ3) is 4.92. The van der Waals surface area contributed by atoms with Gasteiger partial charge in [0.25, 0.3) is 0 Å². The van der Waals surface area contributed by atoms with Crippen molar-refractivity contribution in [2.75, 3.05) is 19.8 Å². The van der Waals surface area contributed by atoms with E-state index in [2.05, 4.69) is 0 Å². The number of carbonyl (C=O) groups excluding carboxylic acids is 2. The van der Waals surface area contributed by atoms with Gasteiger partial charge in [0.15, 0.2) is 5.78 Å². The third-order valence-electron chi connectivity index (χ3n) is 2.56. The van der Waals surface area contributed by atoms with Crippen LogP contribution in [0.5, 0.6) is 0 Å². The number of hydrogen-bond acceptors (Lipinski definition) is 3. The highest BCUT2D eigenvalue weighted by Crippen LogP contribution is 2.20. The molecule has 18 heavy (non-hydrogen) atoms. The summed E-state index contributed by atoms with van der Waals surface area (Å²) in [6, 6.07) is 7.59. The van der Waals surface area contributed by atoms with Crippen LogP contribution in [0, 0.1) is 0 Å². The first-order valence-corrected chi connectivity index (χ1v) is 6.93. The summed E-state index contributed by atoms with van der Waals surface area (Å²) in [5.74, 6) is 1.17. The van der Waals surface area contributed by atoms with Crippen LogP contribution in [0.2, 0.25) is 0 Å². The maximum absolute atomic E-state index is 11.4. The number of nitrogens with zero attached hydrogens (tertiary/aromatic N) is 1. The molecule has 0 aliphatic rings. The fourth-order valence-corrected chi connectivity index (χ4v) is 2.28. The number of thioether (sulfide) groups is 1. The van der Waals surface area contributed by atoms with Gasteiger partial charge >= 0.3 is 0 Å². The first-order chi connectivity index (χ1) is 8.50. The fraction of sp³-hybridized carbons (Fsp3) is 0.429. The maximum atomic E-state index is 11.4. The minimum absolute atomic E-state index is 0.0862. The summed E-state index contributed by atoms with van der Waals surface area (Å²) in [4.78, 5) is 25.2. The molecule has 1 aromatic carbocycles. The number of rotatable bonds is 6. The lowest BCUT2D eigenvalue weighted by Gasteiger charge is -2.09. The highest BCUT2D eigenvalue weighted by atomic mass is 32.2. The molecule has 1 rings (SSSR count). The highest BCUT2D eigenvalue weighted by molar-refractivity contribution is 7.99. The van der Waals surface area contributed by atoms with Gasteiger partial charge in [-0.15, -0.1) is 11.8 Å². The summed E-state index contributed by atoms with van der Waals surface area (Å²) in [5, 5.41) is 0. The van der Waals surface area contributed by atoms with Crippen molar-refractivity contribution in [3.8, 4) is 0 Å². The predicted octanol–water partition coefficient (Wildman–Crippen LogP) is 2.85. The molecule has 0 aliphatic carbocycles. The molecule has 0 fully saturated rings. The van der Waals surface area contributed by atoms with Crippen LogP contribution >= 0.6 is 11.8 Å². The van der Waals surface area contributed by atoms with Crippen LogP contribution in [-0.2, 0) is 4.79 Å². The minimum Gasteiger partial charge on any atom is -0.349 e. The first-order valence-electron chi connectivity index (χ1n) is 5.94. The molecule has 0 aromatic heterocycles. The van der Waals surface area contributed by atoms with Crippen LogP contribution in [0.15, 0.2) is 29.2 Å². The Morgan fingerprint density at radius 3 is 2.28 bits per heavy atom. The van der Waals surface area contributed by atoms with E-state index in [0.717, 1.165) is 22.6 Å². The van der Waals surface area contributed by atoms with E-state index in [4.69, 9.17) is 0 Å². The Morgan fingerprint density at radius 1 is 1.17 bits per heavy atom. The molecular weight excluding hydrogens is 246 g/mol. The van der Waals surface area contributed by atoms with Crippen molar-refractivity contribution in [3.05, 3.63) is 29.8 Å². The molecule has 1 amide bonds. The second-order valence-corrected chi connectivity index (χ2v) is 5.49. The van der Waals surface area contributed by atoms with E-state index in [-0.39, 0.29) is 11.7 Å². The monoisotopic (exact) mass is 265 g/mol. The van der Waals surface area contributed by atoms with Crippen LogP contribution in [-0.4, -0.2) is 36.4 Å². The Kier molecular flexibility index (Phi) is 5.92. The Balaban J connectivity index is 2.31. The van der Waals surface area contributed by atoms with Crippen molar-refractivity contribution >= 4 is 23.5 Å². The van der Waals surface area contributed by atoms with Gasteiger partial charge in [0, 0.05) is 31.0 Å². The molecule has 0 heterocycles. The second-order valence-electron chi connectivity index (χ2n) is 4.32. The van der Waals surface area contributed by atoms with Crippen molar-refractivity contribution in [1.29, 1.82) is 0 Å². The SMILES string of the molecule is CC(=O)c1ccc(SCCCC(=O)N(C)C)cc1. The fourth-order valence-electron chi connectivity index (χ4n) is 1.42. The molecule has 0 saturated heterocycles. The zero-order chi connectivity index (χ0) is 13.5. The number of carbonyl (C=O) groups is 2. The smallest absolute Gasteiger partial charge is 0.222 e. The van der Waals surface area contributed by atoms with Crippen LogP contribution in [0.3, 0.4) is 0 Å². The number of hydrogen-bond donors (Lipinski definition) is 0. The Labute approximate surface area is 113 Å². The van der Waals surface area contributed by atoms with Crippen molar-refractivity contribution < 1.29 is 9.59 Å². The van der Waals surface area contributed by atoms with Gasteiger partial charge in [-0.05, 0) is 31.2 Å². The summed E-state index contributed by atoms with van der Waals surface area (Å²) >= 11 is 1.71. The summed E-state index contributed by atoms with van der Waals surface area (Å²) in [5.41, 5.74) is 0.738. The molecule has 1 aromatic rings. The van der Waals surface area contributed by atoms with Crippen molar-refractivity contribution in [3.63, 3.8) is 0 Å². The number of Topliss-reactive ketones (excluding diaryl/α,β-unsaturated/α-hetero) is 1. The molecule has 0 saturated carbocycles. The zero-order valence-corrected chi connectivity index (χ0v) is 11.9.